The van der Waals surface area contributed by atoms with Crippen molar-refractivity contribution < 1.29 is 52.5 Å². The summed E-state index contributed by atoms with van der Waals surface area (Å²) >= 11 is 5.94. The molecule has 1 saturated heterocycles. The highest BCUT2D eigenvalue weighted by Crippen LogP contribution is 2.46. The molecule has 0 spiro atoms. The van der Waals surface area contributed by atoms with E-state index >= 15 is 0 Å². The van der Waals surface area contributed by atoms with Gasteiger partial charge in [-0.3, -0.25) is 14.4 Å². The van der Waals surface area contributed by atoms with Crippen molar-refractivity contribution in [3.05, 3.63) is 119 Å². The smallest absolute Gasteiger partial charge is 0.328 e. The van der Waals surface area contributed by atoms with Gasteiger partial charge in [-0.15, -0.1) is 11.6 Å². The lowest BCUT2D eigenvalue weighted by Crippen LogP contribution is -2.62. The number of amides is 3. The van der Waals surface area contributed by atoms with E-state index in [1.807, 2.05) is 48.5 Å². The number of hydrogen-bond donors (Lipinski definition) is 2. The first-order valence-corrected chi connectivity index (χ1v) is 19.2. The Labute approximate surface area is 352 Å². The highest BCUT2D eigenvalue weighted by molar-refractivity contribution is 6.27. The van der Waals surface area contributed by atoms with Crippen LogP contribution in [0.5, 0.6) is 23.0 Å². The van der Waals surface area contributed by atoms with E-state index in [0.29, 0.717) is 16.0 Å². The number of para-hydroxylation sites is 2. The van der Waals surface area contributed by atoms with Crippen LogP contribution in [-0.4, -0.2) is 100 Å². The zero-order valence-corrected chi connectivity index (χ0v) is 31.9. The minimum Gasteiger partial charge on any atom is -0.467 e. The number of H-pyrrole nitrogens is 2. The maximum Gasteiger partial charge on any atom is 0.328 e. The molecule has 15 heteroatoms. The minimum absolute atomic E-state index is 0.181. The number of benzene rings is 4. The summed E-state index contributed by atoms with van der Waals surface area (Å²) in [5, 5.41) is 1.85. The summed E-state index contributed by atoms with van der Waals surface area (Å²) in [4.78, 5) is 62.7. The van der Waals surface area contributed by atoms with E-state index in [1.165, 1.54) is 16.9 Å². The van der Waals surface area contributed by atoms with Crippen LogP contribution in [0.4, 0.5) is 0 Å². The molecular weight excluding hydrogens is 778 g/mol. The standard InChI is InChI=1S/C22H19ClN2O5.C22H19N3O4/c1-28-22(27)16-9-14-13-4-2-3-5-15(13)24-20(14)21(25(16)19(26)10-23)12-6-7-17-18(8-12)30-11-29-17;1-24-10-19(26)25-16(22(24)27)9-14-13-4-2-3-5-15(13)23-20(14)21(25)12-6-7-17-18(8-12)29-11-28-17/h2-8,16,21,24H,9-11H2,1H3;2-8,16,21,23H,9-11H2,1H3/t2*16-,21-/m11/s1/i11D2;1D3,11D2. The van der Waals surface area contributed by atoms with Gasteiger partial charge in [0, 0.05) is 57.1 Å². The fourth-order valence-corrected chi connectivity index (χ4v) is 9.02. The van der Waals surface area contributed by atoms with Gasteiger partial charge < -0.3 is 48.4 Å². The number of esters is 1. The topological polar surface area (TPSA) is 156 Å². The number of nitrogens with zero attached hydrogens (tertiary/aromatic N) is 3. The molecule has 0 saturated carbocycles. The lowest BCUT2D eigenvalue weighted by atomic mass is 9.86. The molecule has 14 nitrogen and oxygen atoms in total. The molecule has 0 bridgehead atoms. The second-order valence-corrected chi connectivity index (χ2v) is 14.8. The molecule has 0 radical (unpaired) electrons. The molecule has 11 rings (SSSR count). The molecule has 4 aromatic carbocycles. The first kappa shape index (κ1) is 29.5. The number of piperazine rings is 1. The van der Waals surface area contributed by atoms with E-state index in [1.54, 1.807) is 36.4 Å². The Balaban J connectivity index is 0.000000155. The normalized spacial score (nSPS) is 24.8. The van der Waals surface area contributed by atoms with Crippen molar-refractivity contribution in [2.24, 2.45) is 0 Å². The Morgan fingerprint density at radius 2 is 1.36 bits per heavy atom. The number of halogens is 1. The van der Waals surface area contributed by atoms with Crippen LogP contribution in [0, 0.1) is 0 Å². The molecule has 5 aliphatic heterocycles. The summed E-state index contributed by atoms with van der Waals surface area (Å²) in [6.45, 7) is -7.86. The number of nitrogens with one attached hydrogen (secondary N) is 2. The predicted molar refractivity (Wildman–Crippen MR) is 214 cm³/mol. The molecule has 3 amide bonds. The quantitative estimate of drug-likeness (QED) is 0.177. The number of rotatable bonds is 4. The van der Waals surface area contributed by atoms with Gasteiger partial charge in [0.1, 0.15) is 23.4 Å². The molecule has 7 heterocycles. The summed E-state index contributed by atoms with van der Waals surface area (Å²) in [6, 6.07) is 21.8. The van der Waals surface area contributed by atoms with Gasteiger partial charge in [0.25, 0.3) is 0 Å². The fourth-order valence-electron chi connectivity index (χ4n) is 8.88. The van der Waals surface area contributed by atoms with Crippen molar-refractivity contribution in [2.75, 3.05) is 40.0 Å². The highest BCUT2D eigenvalue weighted by atomic mass is 35.5. The number of alkyl halides is 1. The summed E-state index contributed by atoms with van der Waals surface area (Å²) < 4.78 is 79.9. The largest absolute Gasteiger partial charge is 0.467 e. The van der Waals surface area contributed by atoms with Crippen LogP contribution in [0.25, 0.3) is 21.8 Å². The third kappa shape index (κ3) is 5.91. The first-order chi connectivity index (χ1) is 31.4. The Kier molecular flexibility index (Phi) is 7.16. The summed E-state index contributed by atoms with van der Waals surface area (Å²) in [5.74, 6) is -1.51. The maximum atomic E-state index is 13.3. The SMILES string of the molecule is [2H]C1([2H])Oc2ccc([C@@H]3c4[nH]c5ccccc5c4C[C@@H]4C(=O)N(C([2H])([2H])[2H])CC(=O)N34)cc2O1.[2H]C1([2H])Oc2ccc([C@@H]3c4[nH]c5ccccc5c4C[C@H](C(=O)OC)N3C(=O)CCl)cc2O1. The molecule has 5 aliphatic rings. The zero-order chi connectivity index (χ0) is 46.6. The van der Waals surface area contributed by atoms with Crippen LogP contribution in [-0.2, 0) is 36.8 Å². The van der Waals surface area contributed by atoms with E-state index < -0.39 is 74.9 Å². The first-order valence-electron chi connectivity index (χ1n) is 22.2. The van der Waals surface area contributed by atoms with Crippen molar-refractivity contribution in [3.8, 4) is 23.0 Å². The number of carbonyl (C=O) groups excluding carboxylic acids is 4. The second kappa shape index (κ2) is 14.3. The molecular formula is C44H38ClN5O9. The molecule has 59 heavy (non-hydrogen) atoms. The number of aromatic nitrogens is 2. The molecule has 6 aromatic rings. The van der Waals surface area contributed by atoms with Crippen LogP contribution >= 0.6 is 11.6 Å². The molecule has 1 fully saturated rings. The van der Waals surface area contributed by atoms with Gasteiger partial charge in [-0.05, 0) is 58.7 Å². The van der Waals surface area contributed by atoms with Gasteiger partial charge >= 0.3 is 5.97 Å². The van der Waals surface area contributed by atoms with Crippen LogP contribution in [0.3, 0.4) is 0 Å². The van der Waals surface area contributed by atoms with E-state index in [9.17, 15) is 19.2 Å². The minimum atomic E-state index is -2.72. The van der Waals surface area contributed by atoms with Crippen molar-refractivity contribution in [3.63, 3.8) is 0 Å². The van der Waals surface area contributed by atoms with Crippen LogP contribution < -0.4 is 18.9 Å². The van der Waals surface area contributed by atoms with Gasteiger partial charge in [-0.1, -0.05) is 48.5 Å². The zero-order valence-electron chi connectivity index (χ0n) is 38.1. The Hall–Kier alpha value is -6.67. The van der Waals surface area contributed by atoms with Gasteiger partial charge in [-0.2, -0.15) is 0 Å². The van der Waals surface area contributed by atoms with Gasteiger partial charge in [0.2, 0.25) is 31.2 Å². The van der Waals surface area contributed by atoms with Crippen molar-refractivity contribution in [1.82, 2.24) is 24.7 Å². The monoisotopic (exact) mass is 822 g/mol. The second-order valence-electron chi connectivity index (χ2n) is 14.5. The number of ether oxygens (including phenoxy) is 5. The van der Waals surface area contributed by atoms with Crippen molar-refractivity contribution in [2.45, 2.75) is 37.0 Å². The number of likely N-dealkylation sites (N-methyl/N-ethyl adjacent to an activating group) is 1. The molecule has 300 valence electrons. The number of carbonyl (C=O) groups is 4. The van der Waals surface area contributed by atoms with Crippen LogP contribution in [0.15, 0.2) is 84.9 Å². The van der Waals surface area contributed by atoms with Crippen LogP contribution in [0.1, 0.15) is 55.3 Å². The predicted octanol–water partition coefficient (Wildman–Crippen LogP) is 5.36. The lowest BCUT2D eigenvalue weighted by Gasteiger charge is -2.46. The van der Waals surface area contributed by atoms with Gasteiger partial charge in [0.15, 0.2) is 23.0 Å². The highest BCUT2D eigenvalue weighted by Gasteiger charge is 2.48. The Morgan fingerprint density at radius 3 is 1.95 bits per heavy atom. The number of aromatic amines is 2. The van der Waals surface area contributed by atoms with Gasteiger partial charge in [-0.25, -0.2) is 4.79 Å². The lowest BCUT2D eigenvalue weighted by molar-refractivity contribution is -0.157. The molecule has 4 atom stereocenters. The summed E-state index contributed by atoms with van der Waals surface area (Å²) in [7, 11) is 1.29. The molecule has 2 N–H and O–H groups in total. The van der Waals surface area contributed by atoms with Gasteiger partial charge in [0.05, 0.1) is 25.7 Å². The molecule has 2 aromatic heterocycles. The average molecular weight is 823 g/mol. The molecule has 0 unspecified atom stereocenters. The molecule has 0 aliphatic carbocycles. The van der Waals surface area contributed by atoms with E-state index in [4.69, 9.17) is 44.9 Å². The van der Waals surface area contributed by atoms with Crippen LogP contribution in [0.2, 0.25) is 0 Å². The summed E-state index contributed by atoms with van der Waals surface area (Å²) in [6.07, 6.45) is 0.457. The third-order valence-electron chi connectivity index (χ3n) is 11.4. The summed E-state index contributed by atoms with van der Waals surface area (Å²) in [5.41, 5.74) is 6.14. The number of fused-ring (bicyclic) bond motifs is 9. The fraction of sp³-hybridized carbons (Fsp3) is 0.273. The number of methoxy groups -OCH3 is 1. The van der Waals surface area contributed by atoms with E-state index in [-0.39, 0.29) is 41.7 Å². The maximum absolute atomic E-state index is 13.3. The van der Waals surface area contributed by atoms with E-state index in [2.05, 4.69) is 9.97 Å². The van der Waals surface area contributed by atoms with E-state index in [0.717, 1.165) is 44.3 Å². The number of hydrogen-bond acceptors (Lipinski definition) is 9. The Bertz CT molecular complexity index is 3010. The Morgan fingerprint density at radius 1 is 0.797 bits per heavy atom. The average Bonchev–Trinajstić information content (AvgIpc) is 4.02. The van der Waals surface area contributed by atoms with Crippen molar-refractivity contribution >= 4 is 57.1 Å². The van der Waals surface area contributed by atoms with Crippen molar-refractivity contribution in [1.29, 1.82) is 0 Å². The third-order valence-corrected chi connectivity index (χ3v) is 11.7.